The van der Waals surface area contributed by atoms with Gasteiger partial charge < -0.3 is 20.1 Å². The van der Waals surface area contributed by atoms with Crippen molar-refractivity contribution in [3.63, 3.8) is 0 Å². The van der Waals surface area contributed by atoms with Crippen LogP contribution in [0.3, 0.4) is 0 Å². The number of rotatable bonds is 2. The summed E-state index contributed by atoms with van der Waals surface area (Å²) in [5, 5.41) is 10.2. The van der Waals surface area contributed by atoms with Gasteiger partial charge in [0.1, 0.15) is 17.4 Å². The van der Waals surface area contributed by atoms with Crippen molar-refractivity contribution >= 4 is 17.3 Å². The van der Waals surface area contributed by atoms with E-state index in [-0.39, 0.29) is 34.9 Å². The molecule has 2 heterocycles. The topological polar surface area (TPSA) is 106 Å². The molecule has 7 heteroatoms. The Bertz CT molecular complexity index is 1410. The van der Waals surface area contributed by atoms with Crippen molar-refractivity contribution in [2.75, 3.05) is 12.0 Å². The van der Waals surface area contributed by atoms with Crippen LogP contribution in [0.1, 0.15) is 42.6 Å². The number of nitrogens with zero attached hydrogens (tertiary/aromatic N) is 2. The van der Waals surface area contributed by atoms with E-state index in [9.17, 15) is 14.9 Å². The molecule has 0 saturated carbocycles. The van der Waals surface area contributed by atoms with Crippen molar-refractivity contribution in [3.8, 4) is 11.8 Å². The Morgan fingerprint density at radius 3 is 2.47 bits per heavy atom. The lowest BCUT2D eigenvalue weighted by Crippen LogP contribution is -2.52. The molecule has 0 aromatic heterocycles. The molecule has 6 rings (SSSR count). The Hall–Kier alpha value is -4.05. The zero-order valence-electron chi connectivity index (χ0n) is 19.1. The van der Waals surface area contributed by atoms with Gasteiger partial charge in [-0.1, -0.05) is 38.1 Å². The highest BCUT2D eigenvalue weighted by Crippen LogP contribution is 2.72. The fourth-order valence-corrected chi connectivity index (χ4v) is 6.39. The Morgan fingerprint density at radius 1 is 1.09 bits per heavy atom. The minimum absolute atomic E-state index is 0.00488. The summed E-state index contributed by atoms with van der Waals surface area (Å²) in [5.41, 5.74) is 5.64. The van der Waals surface area contributed by atoms with Gasteiger partial charge in [0, 0.05) is 34.5 Å². The number of ether oxygens (including phenoxy) is 2. The number of hydrogen-bond donors (Lipinski definition) is 1. The monoisotopic (exact) mass is 453 g/mol. The molecule has 7 nitrogen and oxygen atoms in total. The number of carbonyl (C=O) groups excluding carboxylic acids is 2. The predicted octanol–water partition coefficient (Wildman–Crippen LogP) is 3.92. The number of nitriles is 1. The molecule has 2 aromatic carbocycles. The first-order valence-corrected chi connectivity index (χ1v) is 11.2. The summed E-state index contributed by atoms with van der Waals surface area (Å²) in [6.07, 6.45) is 0.809. The average molecular weight is 453 g/mol. The number of ketones is 2. The SMILES string of the molecule is COc1ccc(N2C3=C(C(=O)CC(C)(C)C3)[C@@]34C(=O)c5ccccc5[C@@]23OC(N)=C4C#N)cc1. The zero-order chi connectivity index (χ0) is 24.0. The van der Waals surface area contributed by atoms with Crippen LogP contribution in [-0.4, -0.2) is 18.7 Å². The largest absolute Gasteiger partial charge is 0.497 e. The fourth-order valence-electron chi connectivity index (χ4n) is 6.39. The number of allylic oxidation sites excluding steroid dienone is 1. The lowest BCUT2D eigenvalue weighted by molar-refractivity contribution is -0.119. The number of carbonyl (C=O) groups is 2. The summed E-state index contributed by atoms with van der Waals surface area (Å²) in [4.78, 5) is 30.0. The highest BCUT2D eigenvalue weighted by atomic mass is 16.5. The number of nitrogens with two attached hydrogens (primary N) is 1. The average Bonchev–Trinajstić information content (AvgIpc) is 3.28. The first-order valence-electron chi connectivity index (χ1n) is 11.2. The maximum Gasteiger partial charge on any atom is 0.238 e. The third kappa shape index (κ3) is 2.07. The molecule has 2 aliphatic heterocycles. The van der Waals surface area contributed by atoms with Gasteiger partial charge in [-0.05, 0) is 36.1 Å². The number of benzene rings is 2. The molecule has 0 radical (unpaired) electrons. The molecule has 0 bridgehead atoms. The Kier molecular flexibility index (Phi) is 3.80. The lowest BCUT2D eigenvalue weighted by atomic mass is 9.64. The molecule has 170 valence electrons. The van der Waals surface area contributed by atoms with E-state index in [1.807, 2.05) is 55.1 Å². The summed E-state index contributed by atoms with van der Waals surface area (Å²) in [7, 11) is 1.59. The molecule has 0 fully saturated rings. The summed E-state index contributed by atoms with van der Waals surface area (Å²) in [6.45, 7) is 4.07. The smallest absolute Gasteiger partial charge is 0.238 e. The van der Waals surface area contributed by atoms with Gasteiger partial charge in [0.05, 0.1) is 7.11 Å². The number of fused-ring (bicyclic) bond motifs is 1. The molecule has 0 amide bonds. The van der Waals surface area contributed by atoms with Crippen molar-refractivity contribution in [1.29, 1.82) is 5.26 Å². The van der Waals surface area contributed by atoms with Gasteiger partial charge in [-0.2, -0.15) is 5.26 Å². The Labute approximate surface area is 197 Å². The minimum Gasteiger partial charge on any atom is -0.497 e. The molecule has 0 saturated heterocycles. The fraction of sp³-hybridized carbons (Fsp3) is 0.296. The predicted molar refractivity (Wildman–Crippen MR) is 123 cm³/mol. The van der Waals surface area contributed by atoms with Crippen LogP contribution in [0.15, 0.2) is 71.3 Å². The summed E-state index contributed by atoms with van der Waals surface area (Å²) >= 11 is 0. The van der Waals surface area contributed by atoms with Gasteiger partial charge in [-0.25, -0.2) is 0 Å². The van der Waals surface area contributed by atoms with E-state index in [0.717, 1.165) is 5.69 Å². The second-order valence-corrected chi connectivity index (χ2v) is 10.0. The second kappa shape index (κ2) is 6.29. The number of hydrogen-bond acceptors (Lipinski definition) is 7. The minimum atomic E-state index is -1.64. The first-order chi connectivity index (χ1) is 16.2. The quantitative estimate of drug-likeness (QED) is 0.735. The Balaban J connectivity index is 1.76. The number of Topliss-reactive ketones (excluding diaryl/α,β-unsaturated/α-hetero) is 2. The molecule has 4 aliphatic rings. The van der Waals surface area contributed by atoms with Crippen molar-refractivity contribution in [2.24, 2.45) is 16.6 Å². The van der Waals surface area contributed by atoms with Crippen LogP contribution in [-0.2, 0) is 15.3 Å². The van der Waals surface area contributed by atoms with Crippen LogP contribution >= 0.6 is 0 Å². The molecule has 2 aromatic rings. The molecule has 34 heavy (non-hydrogen) atoms. The molecule has 0 unspecified atom stereocenters. The molecule has 2 atom stereocenters. The zero-order valence-corrected chi connectivity index (χ0v) is 19.1. The van der Waals surface area contributed by atoms with E-state index in [0.29, 0.717) is 34.6 Å². The van der Waals surface area contributed by atoms with Gasteiger partial charge in [0.25, 0.3) is 0 Å². The molecule has 0 spiro atoms. The third-order valence-electron chi connectivity index (χ3n) is 7.52. The normalized spacial score (nSPS) is 28.2. The van der Waals surface area contributed by atoms with Gasteiger partial charge in [-0.3, -0.25) is 9.59 Å². The molecule has 2 aliphatic carbocycles. The van der Waals surface area contributed by atoms with E-state index >= 15 is 0 Å². The van der Waals surface area contributed by atoms with E-state index in [1.54, 1.807) is 19.2 Å². The molecular formula is C27H23N3O4. The van der Waals surface area contributed by atoms with Crippen molar-refractivity contribution in [2.45, 2.75) is 32.4 Å². The van der Waals surface area contributed by atoms with Crippen LogP contribution in [0.5, 0.6) is 5.75 Å². The Morgan fingerprint density at radius 2 is 1.79 bits per heavy atom. The van der Waals surface area contributed by atoms with Crippen LogP contribution in [0, 0.1) is 22.2 Å². The van der Waals surface area contributed by atoms with Gasteiger partial charge >= 0.3 is 0 Å². The van der Waals surface area contributed by atoms with E-state index < -0.39 is 11.1 Å². The second-order valence-electron chi connectivity index (χ2n) is 10.0. The highest BCUT2D eigenvalue weighted by Gasteiger charge is 2.81. The number of methoxy groups -OCH3 is 1. The van der Waals surface area contributed by atoms with Gasteiger partial charge in [-0.15, -0.1) is 0 Å². The van der Waals surface area contributed by atoms with Crippen LogP contribution in [0.25, 0.3) is 0 Å². The summed E-state index contributed by atoms with van der Waals surface area (Å²) < 4.78 is 11.8. The van der Waals surface area contributed by atoms with E-state index in [4.69, 9.17) is 15.2 Å². The van der Waals surface area contributed by atoms with Crippen LogP contribution in [0.4, 0.5) is 5.69 Å². The van der Waals surface area contributed by atoms with Crippen LogP contribution < -0.4 is 15.4 Å². The van der Waals surface area contributed by atoms with E-state index in [2.05, 4.69) is 6.07 Å². The summed E-state index contributed by atoms with van der Waals surface area (Å²) in [6, 6.07) is 16.7. The van der Waals surface area contributed by atoms with E-state index in [1.165, 1.54) is 0 Å². The number of anilines is 1. The molecular weight excluding hydrogens is 430 g/mol. The van der Waals surface area contributed by atoms with Gasteiger partial charge in [0.15, 0.2) is 17.0 Å². The van der Waals surface area contributed by atoms with Crippen molar-refractivity contribution in [3.05, 3.63) is 82.4 Å². The maximum absolute atomic E-state index is 14.3. The molecule has 2 N–H and O–H groups in total. The maximum atomic E-state index is 14.3. The van der Waals surface area contributed by atoms with Crippen molar-refractivity contribution in [1.82, 2.24) is 0 Å². The highest BCUT2D eigenvalue weighted by molar-refractivity contribution is 6.20. The van der Waals surface area contributed by atoms with Crippen LogP contribution in [0.2, 0.25) is 0 Å². The summed E-state index contributed by atoms with van der Waals surface area (Å²) in [5.74, 6) is 0.0788. The van der Waals surface area contributed by atoms with Gasteiger partial charge in [0.2, 0.25) is 11.6 Å². The lowest BCUT2D eigenvalue weighted by Gasteiger charge is -2.42. The third-order valence-corrected chi connectivity index (χ3v) is 7.52. The van der Waals surface area contributed by atoms with Crippen molar-refractivity contribution < 1.29 is 19.1 Å². The standard InChI is InChI=1S/C27H23N3O4/c1-25(2)12-20-22(21(31)13-25)26-19(14-28)24(29)34-27(26,18-7-5-4-6-17(18)23(26)32)30(20)15-8-10-16(33-3)11-9-15/h4-11H,12-13,29H2,1-3H3/t26-,27-/m0/s1. The first kappa shape index (κ1) is 20.5.